The minimum absolute atomic E-state index is 0.394. The monoisotopic (exact) mass is 132 g/mol. The van der Waals surface area contributed by atoms with E-state index in [9.17, 15) is 0 Å². The highest BCUT2D eigenvalue weighted by Crippen LogP contribution is 2.14. The second kappa shape index (κ2) is 3.85. The van der Waals surface area contributed by atoms with Gasteiger partial charge in [-0.1, -0.05) is 20.8 Å². The van der Waals surface area contributed by atoms with Crippen LogP contribution in [0, 0.1) is 11.8 Å². The minimum atomic E-state index is -1.14. The van der Waals surface area contributed by atoms with E-state index < -0.39 is 6.29 Å². The van der Waals surface area contributed by atoms with E-state index >= 15 is 0 Å². The quantitative estimate of drug-likeness (QED) is 0.562. The molecule has 0 bridgehead atoms. The Morgan fingerprint density at radius 2 is 1.56 bits per heavy atom. The molecule has 2 nitrogen and oxygen atoms in total. The summed E-state index contributed by atoms with van der Waals surface area (Å²) in [7, 11) is 0. The SMILES string of the molecule is CC(C)C(C)CC(O)O. The fourth-order valence-corrected chi connectivity index (χ4v) is 0.605. The van der Waals surface area contributed by atoms with Crippen molar-refractivity contribution < 1.29 is 10.2 Å². The zero-order valence-corrected chi connectivity index (χ0v) is 6.33. The van der Waals surface area contributed by atoms with Gasteiger partial charge >= 0.3 is 0 Å². The number of aliphatic hydroxyl groups is 2. The third-order valence-electron chi connectivity index (χ3n) is 1.72. The second-order valence-electron chi connectivity index (χ2n) is 2.94. The number of hydrogen-bond acceptors (Lipinski definition) is 2. The molecule has 0 spiro atoms. The Morgan fingerprint density at radius 1 is 1.11 bits per heavy atom. The maximum Gasteiger partial charge on any atom is 0.151 e. The fourth-order valence-electron chi connectivity index (χ4n) is 0.605. The summed E-state index contributed by atoms with van der Waals surface area (Å²) in [5.41, 5.74) is 0. The third kappa shape index (κ3) is 4.43. The maximum atomic E-state index is 8.53. The van der Waals surface area contributed by atoms with Crippen molar-refractivity contribution in [2.75, 3.05) is 0 Å². The molecule has 2 heteroatoms. The first kappa shape index (κ1) is 8.92. The normalized spacial score (nSPS) is 15.0. The number of rotatable bonds is 3. The largest absolute Gasteiger partial charge is 0.368 e. The fraction of sp³-hybridized carbons (Fsp3) is 1.00. The molecule has 0 saturated heterocycles. The van der Waals surface area contributed by atoms with Crippen molar-refractivity contribution >= 4 is 0 Å². The maximum absolute atomic E-state index is 8.53. The average Bonchev–Trinajstić information content (AvgIpc) is 1.63. The van der Waals surface area contributed by atoms with Gasteiger partial charge in [-0.15, -0.1) is 0 Å². The van der Waals surface area contributed by atoms with E-state index in [1.165, 1.54) is 0 Å². The Hall–Kier alpha value is -0.0800. The molecule has 9 heavy (non-hydrogen) atoms. The molecule has 0 amide bonds. The van der Waals surface area contributed by atoms with E-state index in [1.54, 1.807) is 0 Å². The molecule has 0 aromatic carbocycles. The summed E-state index contributed by atoms with van der Waals surface area (Å²) < 4.78 is 0. The van der Waals surface area contributed by atoms with Gasteiger partial charge in [-0.25, -0.2) is 0 Å². The topological polar surface area (TPSA) is 40.5 Å². The molecule has 0 saturated carbocycles. The van der Waals surface area contributed by atoms with E-state index in [-0.39, 0.29) is 0 Å². The highest BCUT2D eigenvalue weighted by atomic mass is 16.5. The van der Waals surface area contributed by atoms with Gasteiger partial charge in [0.2, 0.25) is 0 Å². The molecule has 1 atom stereocenters. The third-order valence-corrected chi connectivity index (χ3v) is 1.72. The second-order valence-corrected chi connectivity index (χ2v) is 2.94. The summed E-state index contributed by atoms with van der Waals surface area (Å²) in [6.07, 6.45) is -0.653. The van der Waals surface area contributed by atoms with Gasteiger partial charge in [-0.05, 0) is 11.8 Å². The summed E-state index contributed by atoms with van der Waals surface area (Å²) in [6.45, 7) is 6.17. The summed E-state index contributed by atoms with van der Waals surface area (Å²) in [5.74, 6) is 0.928. The number of hydrogen-bond donors (Lipinski definition) is 2. The highest BCUT2D eigenvalue weighted by Gasteiger charge is 2.09. The number of aliphatic hydroxyl groups excluding tert-OH is 1. The van der Waals surface area contributed by atoms with Crippen LogP contribution in [0.15, 0.2) is 0 Å². The predicted molar refractivity (Wildman–Crippen MR) is 36.8 cm³/mol. The zero-order valence-electron chi connectivity index (χ0n) is 6.33. The van der Waals surface area contributed by atoms with Gasteiger partial charge in [0.15, 0.2) is 6.29 Å². The first-order valence-corrected chi connectivity index (χ1v) is 3.40. The summed E-state index contributed by atoms with van der Waals surface area (Å²) in [4.78, 5) is 0. The van der Waals surface area contributed by atoms with Gasteiger partial charge < -0.3 is 10.2 Å². The van der Waals surface area contributed by atoms with Crippen LogP contribution in [0.1, 0.15) is 27.2 Å². The zero-order chi connectivity index (χ0) is 7.44. The lowest BCUT2D eigenvalue weighted by molar-refractivity contribution is -0.0581. The molecule has 56 valence electrons. The van der Waals surface area contributed by atoms with Crippen molar-refractivity contribution in [3.05, 3.63) is 0 Å². The average molecular weight is 132 g/mol. The lowest BCUT2D eigenvalue weighted by atomic mass is 9.95. The van der Waals surface area contributed by atoms with E-state index in [0.29, 0.717) is 18.3 Å². The summed E-state index contributed by atoms with van der Waals surface area (Å²) in [6, 6.07) is 0. The Morgan fingerprint density at radius 3 is 1.67 bits per heavy atom. The van der Waals surface area contributed by atoms with Crippen LogP contribution in [0.25, 0.3) is 0 Å². The molecule has 0 fully saturated rings. The van der Waals surface area contributed by atoms with Gasteiger partial charge in [-0.3, -0.25) is 0 Å². The molecular weight excluding hydrogens is 116 g/mol. The van der Waals surface area contributed by atoms with Crippen LogP contribution < -0.4 is 0 Å². The van der Waals surface area contributed by atoms with E-state index in [1.807, 2.05) is 6.92 Å². The molecule has 0 aromatic rings. The van der Waals surface area contributed by atoms with Crippen molar-refractivity contribution in [1.82, 2.24) is 0 Å². The molecule has 0 aliphatic heterocycles. The molecule has 0 rings (SSSR count). The molecule has 2 N–H and O–H groups in total. The Kier molecular flexibility index (Phi) is 3.82. The first-order valence-electron chi connectivity index (χ1n) is 3.40. The predicted octanol–water partition coefficient (Wildman–Crippen LogP) is 0.979. The minimum Gasteiger partial charge on any atom is -0.368 e. The first-order chi connectivity index (χ1) is 4.04. The molecule has 0 aromatic heterocycles. The van der Waals surface area contributed by atoms with Crippen molar-refractivity contribution in [2.45, 2.75) is 33.5 Å². The van der Waals surface area contributed by atoms with E-state index in [2.05, 4.69) is 13.8 Å². The molecular formula is C7H16O2. The van der Waals surface area contributed by atoms with Crippen LogP contribution in [0.3, 0.4) is 0 Å². The van der Waals surface area contributed by atoms with Gasteiger partial charge in [0.25, 0.3) is 0 Å². The van der Waals surface area contributed by atoms with E-state index in [0.717, 1.165) is 0 Å². The Labute approximate surface area is 56.5 Å². The van der Waals surface area contributed by atoms with Gasteiger partial charge in [-0.2, -0.15) is 0 Å². The van der Waals surface area contributed by atoms with Crippen LogP contribution in [0.2, 0.25) is 0 Å². The Balaban J connectivity index is 3.38. The highest BCUT2D eigenvalue weighted by molar-refractivity contribution is 4.57. The van der Waals surface area contributed by atoms with Gasteiger partial charge in [0.05, 0.1) is 0 Å². The van der Waals surface area contributed by atoms with Crippen LogP contribution in [0.4, 0.5) is 0 Å². The summed E-state index contributed by atoms with van der Waals surface area (Å²) in [5, 5.41) is 17.1. The van der Waals surface area contributed by atoms with Crippen LogP contribution in [-0.4, -0.2) is 16.5 Å². The van der Waals surface area contributed by atoms with E-state index in [4.69, 9.17) is 10.2 Å². The molecule has 0 heterocycles. The standard InChI is InChI=1S/C7H16O2/c1-5(2)6(3)4-7(8)9/h5-9H,4H2,1-3H3. The van der Waals surface area contributed by atoms with Crippen molar-refractivity contribution in [3.63, 3.8) is 0 Å². The van der Waals surface area contributed by atoms with Crippen molar-refractivity contribution in [1.29, 1.82) is 0 Å². The smallest absolute Gasteiger partial charge is 0.151 e. The lowest BCUT2D eigenvalue weighted by Crippen LogP contribution is -2.14. The molecule has 0 radical (unpaired) electrons. The molecule has 0 aliphatic carbocycles. The van der Waals surface area contributed by atoms with Gasteiger partial charge in [0, 0.05) is 6.42 Å². The van der Waals surface area contributed by atoms with Crippen LogP contribution >= 0.6 is 0 Å². The molecule has 1 unspecified atom stereocenters. The lowest BCUT2D eigenvalue weighted by Gasteiger charge is -2.15. The molecule has 0 aliphatic rings. The van der Waals surface area contributed by atoms with Crippen molar-refractivity contribution in [3.8, 4) is 0 Å². The van der Waals surface area contributed by atoms with Crippen LogP contribution in [0.5, 0.6) is 0 Å². The van der Waals surface area contributed by atoms with Crippen LogP contribution in [-0.2, 0) is 0 Å². The Bertz CT molecular complexity index is 69.3. The van der Waals surface area contributed by atoms with Crippen molar-refractivity contribution in [2.24, 2.45) is 11.8 Å². The van der Waals surface area contributed by atoms with Gasteiger partial charge in [0.1, 0.15) is 0 Å². The summed E-state index contributed by atoms with van der Waals surface area (Å²) >= 11 is 0.